The third-order valence-corrected chi connectivity index (χ3v) is 2.70. The van der Waals surface area contributed by atoms with Crippen LogP contribution in [0.25, 0.3) is 0 Å². The number of aromatic nitrogens is 1. The van der Waals surface area contributed by atoms with Crippen LogP contribution in [0, 0.1) is 5.21 Å². The summed E-state index contributed by atoms with van der Waals surface area (Å²) in [4.78, 5) is 4.10. The molecule has 0 spiro atoms. The van der Waals surface area contributed by atoms with E-state index >= 15 is 0 Å². The van der Waals surface area contributed by atoms with E-state index in [2.05, 4.69) is 4.98 Å². The van der Waals surface area contributed by atoms with Gasteiger partial charge < -0.3 is 5.21 Å². The Morgan fingerprint density at radius 1 is 1.58 bits per heavy atom. The molecule has 66 valence electrons. The maximum absolute atomic E-state index is 10.9. The number of hydrogen-bond acceptors (Lipinski definition) is 4. The lowest BCUT2D eigenvalue weighted by atomic mass is 10.5. The average molecular weight is 208 g/mol. The zero-order valence-corrected chi connectivity index (χ0v) is 7.26. The molecule has 0 aliphatic heterocycles. The Labute approximate surface area is 74.0 Å². The molecule has 5 nitrogen and oxygen atoms in total. The van der Waals surface area contributed by atoms with E-state index in [9.17, 15) is 13.6 Å². The highest BCUT2D eigenvalue weighted by molar-refractivity contribution is 7.89. The fourth-order valence-electron chi connectivity index (χ4n) is 0.606. The first kappa shape index (κ1) is 9.40. The summed E-state index contributed by atoms with van der Waals surface area (Å²) in [6.45, 7) is 0. The van der Waals surface area contributed by atoms with E-state index in [1.54, 1.807) is 0 Å². The van der Waals surface area contributed by atoms with Gasteiger partial charge in [-0.25, -0.2) is 8.42 Å². The van der Waals surface area contributed by atoms with Gasteiger partial charge in [0.1, 0.15) is 4.90 Å². The zero-order chi connectivity index (χ0) is 9.19. The first-order valence-electron chi connectivity index (χ1n) is 2.81. The number of halogens is 1. The first-order chi connectivity index (χ1) is 5.58. The highest BCUT2D eigenvalue weighted by Gasteiger charge is 2.12. The van der Waals surface area contributed by atoms with Crippen LogP contribution in [0.4, 0.5) is 0 Å². The van der Waals surface area contributed by atoms with Crippen LogP contribution in [-0.2, 0) is 10.0 Å². The molecule has 1 aromatic rings. The van der Waals surface area contributed by atoms with Crippen LogP contribution in [0.1, 0.15) is 0 Å². The summed E-state index contributed by atoms with van der Waals surface area (Å²) in [5, 5.41) is 9.95. The summed E-state index contributed by atoms with van der Waals surface area (Å²) >= 11 is 5.49. The normalized spacial score (nSPS) is 11.5. The van der Waals surface area contributed by atoms with Gasteiger partial charge in [-0.3, -0.25) is 9.87 Å². The Balaban J connectivity index is 3.30. The smallest absolute Gasteiger partial charge is 0.232 e. The Morgan fingerprint density at radius 2 is 2.25 bits per heavy atom. The van der Waals surface area contributed by atoms with Crippen LogP contribution in [0.2, 0.25) is 5.02 Å². The van der Waals surface area contributed by atoms with E-state index in [0.717, 1.165) is 11.1 Å². The number of pyridine rings is 1. The molecule has 0 radical (unpaired) electrons. The second-order valence-electron chi connectivity index (χ2n) is 1.89. The molecule has 0 aromatic carbocycles. The SMILES string of the molecule is O=S(=O)(N[O-])c1cnccc1Cl. The van der Waals surface area contributed by atoms with E-state index in [0.29, 0.717) is 0 Å². The fourth-order valence-corrected chi connectivity index (χ4v) is 1.63. The third kappa shape index (κ3) is 1.72. The first-order valence-corrected chi connectivity index (χ1v) is 4.67. The second kappa shape index (κ2) is 3.36. The van der Waals surface area contributed by atoms with Gasteiger partial charge in [-0.2, -0.15) is 0 Å². The molecule has 1 rings (SSSR count). The highest BCUT2D eigenvalue weighted by atomic mass is 35.5. The Morgan fingerprint density at radius 3 is 2.75 bits per heavy atom. The number of rotatable bonds is 2. The maximum Gasteiger partial charge on any atom is 0.232 e. The van der Waals surface area contributed by atoms with Gasteiger partial charge in [0.2, 0.25) is 10.0 Å². The monoisotopic (exact) mass is 207 g/mol. The summed E-state index contributed by atoms with van der Waals surface area (Å²) in [6, 6.07) is 1.28. The molecule has 0 aliphatic rings. The molecule has 0 atom stereocenters. The van der Waals surface area contributed by atoms with Gasteiger partial charge in [0.15, 0.2) is 0 Å². The van der Waals surface area contributed by atoms with E-state index in [1.807, 2.05) is 0 Å². The molecular formula is C5H4ClN2O3S-. The van der Waals surface area contributed by atoms with Crippen molar-refractivity contribution in [2.45, 2.75) is 4.90 Å². The van der Waals surface area contributed by atoms with Gasteiger partial charge in [-0.1, -0.05) is 11.6 Å². The summed E-state index contributed by atoms with van der Waals surface area (Å²) in [5.74, 6) is 0. The van der Waals surface area contributed by atoms with Crippen molar-refractivity contribution in [3.8, 4) is 0 Å². The molecule has 0 amide bonds. The maximum atomic E-state index is 10.9. The lowest BCUT2D eigenvalue weighted by molar-refractivity contribution is 0.590. The van der Waals surface area contributed by atoms with E-state index < -0.39 is 10.0 Å². The zero-order valence-electron chi connectivity index (χ0n) is 5.69. The Bertz CT molecular complexity index is 378. The molecule has 12 heavy (non-hydrogen) atoms. The van der Waals surface area contributed by atoms with Crippen LogP contribution < -0.4 is 4.89 Å². The van der Waals surface area contributed by atoms with Crippen molar-refractivity contribution in [2.24, 2.45) is 0 Å². The molecule has 0 saturated heterocycles. The Kier molecular flexibility index (Phi) is 2.63. The van der Waals surface area contributed by atoms with Gasteiger partial charge in [-0.05, 0) is 6.07 Å². The van der Waals surface area contributed by atoms with Crippen LogP contribution in [0.15, 0.2) is 23.4 Å². The van der Waals surface area contributed by atoms with Crippen molar-refractivity contribution in [2.75, 3.05) is 0 Å². The quantitative estimate of drug-likeness (QED) is 0.717. The summed E-state index contributed by atoms with van der Waals surface area (Å²) in [5.41, 5.74) is 0. The number of sulfonamides is 1. The van der Waals surface area contributed by atoms with E-state index in [-0.39, 0.29) is 9.92 Å². The molecule has 1 N–H and O–H groups in total. The van der Waals surface area contributed by atoms with Crippen LogP contribution >= 0.6 is 11.6 Å². The van der Waals surface area contributed by atoms with Crippen molar-refractivity contribution < 1.29 is 8.42 Å². The number of nitrogens with one attached hydrogen (secondary N) is 1. The molecule has 0 saturated carbocycles. The third-order valence-electron chi connectivity index (χ3n) is 1.13. The molecular weight excluding hydrogens is 204 g/mol. The molecule has 0 aliphatic carbocycles. The Hall–Kier alpha value is -0.690. The van der Waals surface area contributed by atoms with E-state index in [1.165, 1.54) is 12.3 Å². The largest absolute Gasteiger partial charge is 0.775 e. The molecule has 0 unspecified atom stereocenters. The highest BCUT2D eigenvalue weighted by Crippen LogP contribution is 2.18. The van der Waals surface area contributed by atoms with E-state index in [4.69, 9.17) is 11.6 Å². The lowest BCUT2D eigenvalue weighted by Crippen LogP contribution is -2.17. The van der Waals surface area contributed by atoms with Crippen LogP contribution in [0.3, 0.4) is 0 Å². The van der Waals surface area contributed by atoms with Crippen molar-refractivity contribution in [3.05, 3.63) is 28.7 Å². The molecule has 1 heterocycles. The van der Waals surface area contributed by atoms with Crippen molar-refractivity contribution in [1.29, 1.82) is 0 Å². The predicted molar refractivity (Wildman–Crippen MR) is 42.9 cm³/mol. The minimum Gasteiger partial charge on any atom is -0.775 e. The molecule has 7 heteroatoms. The van der Waals surface area contributed by atoms with Crippen LogP contribution in [0.5, 0.6) is 0 Å². The van der Waals surface area contributed by atoms with Gasteiger partial charge in [-0.15, -0.1) is 0 Å². The summed E-state index contributed by atoms with van der Waals surface area (Å²) in [7, 11) is -4.03. The summed E-state index contributed by atoms with van der Waals surface area (Å²) < 4.78 is 21.7. The van der Waals surface area contributed by atoms with Gasteiger partial charge >= 0.3 is 0 Å². The summed E-state index contributed by atoms with van der Waals surface area (Å²) in [6.07, 6.45) is 2.33. The van der Waals surface area contributed by atoms with Crippen molar-refractivity contribution in [3.63, 3.8) is 0 Å². The predicted octanol–water partition coefficient (Wildman–Crippen LogP) is 0.511. The van der Waals surface area contributed by atoms with Gasteiger partial charge in [0.05, 0.1) is 5.02 Å². The fraction of sp³-hybridized carbons (Fsp3) is 0. The number of hydrogen-bond donors (Lipinski definition) is 1. The van der Waals surface area contributed by atoms with Gasteiger partial charge in [0.25, 0.3) is 0 Å². The van der Waals surface area contributed by atoms with Gasteiger partial charge in [0, 0.05) is 12.4 Å². The topological polar surface area (TPSA) is 82.1 Å². The number of nitrogens with zero attached hydrogens (tertiary/aromatic N) is 1. The lowest BCUT2D eigenvalue weighted by Gasteiger charge is -2.09. The minimum absolute atomic E-state index is 0.0339. The van der Waals surface area contributed by atoms with Crippen molar-refractivity contribution in [1.82, 2.24) is 9.87 Å². The molecule has 1 aromatic heterocycles. The molecule has 0 bridgehead atoms. The molecule has 0 fully saturated rings. The van der Waals surface area contributed by atoms with Crippen molar-refractivity contribution >= 4 is 21.6 Å². The minimum atomic E-state index is -4.03. The standard InChI is InChI=1S/C5H4ClN2O3S/c6-4-1-2-7-3-5(4)12(10,11)8-9/h1-3,8H/q-1. The average Bonchev–Trinajstić information content (AvgIpc) is 2.05. The second-order valence-corrected chi connectivity index (χ2v) is 3.91. The van der Waals surface area contributed by atoms with Crippen LogP contribution in [-0.4, -0.2) is 13.4 Å².